The van der Waals surface area contributed by atoms with Crippen molar-refractivity contribution < 1.29 is 18.7 Å². The van der Waals surface area contributed by atoms with Crippen LogP contribution in [-0.4, -0.2) is 32.5 Å². The molecule has 9 heteroatoms. The van der Waals surface area contributed by atoms with Crippen LogP contribution in [0.25, 0.3) is 15.9 Å². The molecule has 1 aliphatic heterocycles. The maximum Gasteiger partial charge on any atom is 0.349 e. The number of aromatic nitrogens is 3. The van der Waals surface area contributed by atoms with Crippen LogP contribution in [-0.2, 0) is 17.7 Å². The number of hydrogen-bond donors (Lipinski definition) is 0. The van der Waals surface area contributed by atoms with Crippen LogP contribution >= 0.6 is 11.3 Å². The van der Waals surface area contributed by atoms with Crippen molar-refractivity contribution in [2.75, 3.05) is 6.61 Å². The Labute approximate surface area is 198 Å². The van der Waals surface area contributed by atoms with Gasteiger partial charge in [-0.25, -0.2) is 14.2 Å². The van der Waals surface area contributed by atoms with E-state index < -0.39 is 12.6 Å². The predicted octanol–water partition coefficient (Wildman–Crippen LogP) is 4.30. The third kappa shape index (κ3) is 3.56. The Kier molecular flexibility index (Phi) is 5.44. The Bertz CT molecular complexity index is 1530. The van der Waals surface area contributed by atoms with Crippen LogP contribution in [0.1, 0.15) is 49.2 Å². The minimum absolute atomic E-state index is 0.130. The molecule has 0 atom stereocenters. The summed E-state index contributed by atoms with van der Waals surface area (Å²) >= 11 is 1.12. The van der Waals surface area contributed by atoms with Gasteiger partial charge in [-0.05, 0) is 63.1 Å². The summed E-state index contributed by atoms with van der Waals surface area (Å²) in [6.45, 7) is 5.56. The van der Waals surface area contributed by atoms with Crippen molar-refractivity contribution in [2.45, 2.75) is 40.2 Å². The minimum Gasteiger partial charge on any atom is -0.453 e. The number of thiophene rings is 1. The summed E-state index contributed by atoms with van der Waals surface area (Å²) in [6, 6.07) is 7.73. The molecule has 1 aliphatic rings. The molecule has 0 radical (unpaired) electrons. The van der Waals surface area contributed by atoms with Crippen LogP contribution < -0.4 is 5.56 Å². The van der Waals surface area contributed by atoms with Gasteiger partial charge in [0.05, 0.1) is 5.39 Å². The van der Waals surface area contributed by atoms with Crippen LogP contribution in [0.3, 0.4) is 0 Å². The molecule has 4 heterocycles. The molecule has 0 amide bonds. The molecule has 4 aromatic rings. The summed E-state index contributed by atoms with van der Waals surface area (Å²) < 4.78 is 22.2. The third-order valence-corrected chi connectivity index (χ3v) is 7.41. The highest BCUT2D eigenvalue weighted by atomic mass is 32.1. The second kappa shape index (κ2) is 8.32. The normalized spacial score (nSPS) is 12.8. The smallest absolute Gasteiger partial charge is 0.349 e. The molecule has 0 bridgehead atoms. The van der Waals surface area contributed by atoms with Crippen molar-refractivity contribution in [3.63, 3.8) is 0 Å². The van der Waals surface area contributed by atoms with Crippen LogP contribution in [0.4, 0.5) is 4.39 Å². The largest absolute Gasteiger partial charge is 0.453 e. The number of ether oxygens (including phenoxy) is 1. The van der Waals surface area contributed by atoms with E-state index in [-0.39, 0.29) is 22.0 Å². The molecule has 3 aromatic heterocycles. The summed E-state index contributed by atoms with van der Waals surface area (Å²) in [5.74, 6) is -0.588. The van der Waals surface area contributed by atoms with E-state index in [1.54, 1.807) is 36.6 Å². The average molecular weight is 480 g/mol. The van der Waals surface area contributed by atoms with Crippen LogP contribution in [0.15, 0.2) is 35.1 Å². The van der Waals surface area contributed by atoms with Gasteiger partial charge in [0.2, 0.25) is 5.78 Å². The van der Waals surface area contributed by atoms with E-state index in [1.807, 2.05) is 11.5 Å². The van der Waals surface area contributed by atoms with Gasteiger partial charge in [-0.15, -0.1) is 11.3 Å². The Hall–Kier alpha value is -3.59. The highest BCUT2D eigenvalue weighted by Crippen LogP contribution is 2.29. The van der Waals surface area contributed by atoms with Gasteiger partial charge in [-0.1, -0.05) is 0 Å². The van der Waals surface area contributed by atoms with Crippen molar-refractivity contribution in [1.29, 1.82) is 0 Å². The maximum absolute atomic E-state index is 13.3. The molecule has 0 aliphatic carbocycles. The maximum atomic E-state index is 13.3. The van der Waals surface area contributed by atoms with Crippen molar-refractivity contribution in [2.24, 2.45) is 0 Å². The molecule has 174 valence electrons. The number of esters is 1. The van der Waals surface area contributed by atoms with E-state index in [1.165, 1.54) is 12.1 Å². The fourth-order valence-electron chi connectivity index (χ4n) is 4.58. The van der Waals surface area contributed by atoms with Crippen LogP contribution in [0, 0.1) is 26.6 Å². The number of halogens is 1. The van der Waals surface area contributed by atoms with E-state index in [9.17, 15) is 18.8 Å². The molecular formula is C25H22FN3O4S. The first-order chi connectivity index (χ1) is 16.3. The van der Waals surface area contributed by atoms with Gasteiger partial charge in [0.25, 0.3) is 5.56 Å². The van der Waals surface area contributed by atoms with Crippen molar-refractivity contribution in [1.82, 2.24) is 14.1 Å². The van der Waals surface area contributed by atoms with Gasteiger partial charge >= 0.3 is 5.97 Å². The van der Waals surface area contributed by atoms with Gasteiger partial charge in [0.15, 0.2) is 6.61 Å². The Morgan fingerprint density at radius 1 is 1.18 bits per heavy atom. The van der Waals surface area contributed by atoms with E-state index in [2.05, 4.69) is 4.98 Å². The fraction of sp³-hybridized carbons (Fsp3) is 0.280. The minimum atomic E-state index is -0.647. The number of aryl methyl sites for hydroxylation is 3. The molecule has 1 aromatic carbocycles. The van der Waals surface area contributed by atoms with E-state index in [0.29, 0.717) is 33.6 Å². The summed E-state index contributed by atoms with van der Waals surface area (Å²) in [5.41, 5.74) is 3.05. The molecule has 0 saturated heterocycles. The number of rotatable bonds is 5. The lowest BCUT2D eigenvalue weighted by Gasteiger charge is -2.10. The number of ketones is 1. The second-order valence-electron chi connectivity index (χ2n) is 8.42. The highest BCUT2D eigenvalue weighted by Gasteiger charge is 2.25. The number of Topliss-reactive ketones (excluding diaryl/α,β-unsaturated/α-hetero) is 1. The molecule has 0 saturated carbocycles. The monoisotopic (exact) mass is 479 g/mol. The number of carbonyl (C=O) groups excluding carboxylic acids is 2. The Morgan fingerprint density at radius 3 is 2.65 bits per heavy atom. The summed E-state index contributed by atoms with van der Waals surface area (Å²) in [4.78, 5) is 43.9. The molecule has 0 N–H and O–H groups in total. The van der Waals surface area contributed by atoms with E-state index >= 15 is 0 Å². The van der Waals surface area contributed by atoms with Crippen LogP contribution in [0.2, 0.25) is 0 Å². The number of carbonyl (C=O) groups is 2. The molecule has 5 rings (SSSR count). The molecule has 0 fully saturated rings. The molecule has 0 unspecified atom stereocenters. The van der Waals surface area contributed by atoms with Gasteiger partial charge < -0.3 is 9.30 Å². The first kappa shape index (κ1) is 22.2. The molecule has 7 nitrogen and oxygen atoms in total. The topological polar surface area (TPSA) is 83.2 Å². The van der Waals surface area contributed by atoms with Gasteiger partial charge in [0.1, 0.15) is 21.3 Å². The number of fused-ring (bicyclic) bond motifs is 2. The lowest BCUT2D eigenvalue weighted by Crippen LogP contribution is -2.20. The predicted molar refractivity (Wildman–Crippen MR) is 127 cm³/mol. The van der Waals surface area contributed by atoms with Gasteiger partial charge in [-0.3, -0.25) is 14.2 Å². The summed E-state index contributed by atoms with van der Waals surface area (Å²) in [5, 5.41) is 0.441. The number of nitrogens with zero attached hydrogens (tertiary/aromatic N) is 3. The lowest BCUT2D eigenvalue weighted by atomic mass is 10.1. The van der Waals surface area contributed by atoms with Gasteiger partial charge in [-0.2, -0.15) is 0 Å². The van der Waals surface area contributed by atoms with Crippen molar-refractivity contribution in [3.8, 4) is 5.69 Å². The zero-order valence-electron chi connectivity index (χ0n) is 19.0. The van der Waals surface area contributed by atoms with Crippen molar-refractivity contribution >= 4 is 33.3 Å². The first-order valence-corrected chi connectivity index (χ1v) is 11.8. The zero-order valence-corrected chi connectivity index (χ0v) is 19.8. The average Bonchev–Trinajstić information content (AvgIpc) is 3.49. The van der Waals surface area contributed by atoms with Crippen molar-refractivity contribution in [3.05, 3.63) is 79.7 Å². The van der Waals surface area contributed by atoms with Gasteiger partial charge in [0, 0.05) is 35.6 Å². The second-order valence-corrected chi connectivity index (χ2v) is 9.42. The quantitative estimate of drug-likeness (QED) is 0.315. The first-order valence-electron chi connectivity index (χ1n) is 10.9. The standard InChI is InChI=1S/C25H22FN3O4S/c1-13-11-18(15(3)29(13)17-8-6-16(26)7-9-17)19(30)12-33-25(32)22-14(2)21-23(34-22)27-20-5-4-10-28(20)24(21)31/h6-9,11H,4-5,10,12H2,1-3H3. The highest BCUT2D eigenvalue weighted by molar-refractivity contribution is 7.20. The molecule has 34 heavy (non-hydrogen) atoms. The lowest BCUT2D eigenvalue weighted by molar-refractivity contribution is 0.0479. The van der Waals surface area contributed by atoms with E-state index in [0.717, 1.165) is 41.4 Å². The van der Waals surface area contributed by atoms with E-state index in [4.69, 9.17) is 4.74 Å². The molecular weight excluding hydrogens is 457 g/mol. The number of benzene rings is 1. The molecule has 0 spiro atoms. The SMILES string of the molecule is Cc1c(C(=O)OCC(=O)c2cc(C)n(-c3ccc(F)cc3)c2C)sc2nc3n(c(=O)c12)CCC3. The summed E-state index contributed by atoms with van der Waals surface area (Å²) in [6.07, 6.45) is 1.63. The zero-order chi connectivity index (χ0) is 24.1. The Balaban J connectivity index is 1.37. The number of hydrogen-bond acceptors (Lipinski definition) is 6. The Morgan fingerprint density at radius 2 is 1.91 bits per heavy atom. The summed E-state index contributed by atoms with van der Waals surface area (Å²) in [7, 11) is 0. The third-order valence-electron chi connectivity index (χ3n) is 6.25. The fourth-order valence-corrected chi connectivity index (χ4v) is 5.66. The van der Waals surface area contributed by atoms with Crippen LogP contribution in [0.5, 0.6) is 0 Å².